The number of para-hydroxylation sites is 1. The van der Waals surface area contributed by atoms with E-state index in [1.165, 1.54) is 5.56 Å². The van der Waals surface area contributed by atoms with Gasteiger partial charge in [0, 0.05) is 30.8 Å². The third-order valence-electron chi connectivity index (χ3n) is 7.47. The average Bonchev–Trinajstić information content (AvgIpc) is 2.98. The summed E-state index contributed by atoms with van der Waals surface area (Å²) in [5.74, 6) is 1.45. The third-order valence-corrected chi connectivity index (χ3v) is 7.47. The summed E-state index contributed by atoms with van der Waals surface area (Å²) in [6, 6.07) is 22.3. The number of methoxy groups -OCH3 is 1. The van der Waals surface area contributed by atoms with Gasteiger partial charge >= 0.3 is 0 Å². The van der Waals surface area contributed by atoms with E-state index in [4.69, 9.17) is 19.0 Å². The van der Waals surface area contributed by atoms with Crippen LogP contribution in [0.5, 0.6) is 11.5 Å². The summed E-state index contributed by atoms with van der Waals surface area (Å²) >= 11 is 0. The Bertz CT molecular complexity index is 1470. The molecule has 1 fully saturated rings. The highest BCUT2D eigenvalue weighted by Crippen LogP contribution is 2.35. The van der Waals surface area contributed by atoms with Crippen molar-refractivity contribution in [2.45, 2.75) is 51.9 Å². The molecule has 1 saturated heterocycles. The number of aliphatic hydroxyl groups is 1. The van der Waals surface area contributed by atoms with Crippen molar-refractivity contribution < 1.29 is 19.0 Å². The molecular weight excluding hydrogens is 504 g/mol. The number of nitrogens with zero attached hydrogens (tertiary/aromatic N) is 2. The van der Waals surface area contributed by atoms with Crippen LogP contribution < -0.4 is 14.9 Å². The Hall–Kier alpha value is -3.65. The summed E-state index contributed by atoms with van der Waals surface area (Å²) in [5, 5.41) is 8.63. The molecule has 40 heavy (non-hydrogen) atoms. The van der Waals surface area contributed by atoms with Gasteiger partial charge in [0.25, 0.3) is 0 Å². The van der Waals surface area contributed by atoms with E-state index in [2.05, 4.69) is 40.1 Å². The topological polar surface area (TPSA) is 75.4 Å². The molecule has 210 valence electrons. The van der Waals surface area contributed by atoms with Gasteiger partial charge in [0.15, 0.2) is 0 Å². The minimum absolute atomic E-state index is 0.0603. The molecule has 7 heteroatoms. The van der Waals surface area contributed by atoms with Crippen LogP contribution in [0.2, 0.25) is 0 Å². The van der Waals surface area contributed by atoms with E-state index in [-0.39, 0.29) is 11.5 Å². The largest absolute Gasteiger partial charge is 0.496 e. The second-order valence-electron chi connectivity index (χ2n) is 10.7. The van der Waals surface area contributed by atoms with Crippen molar-refractivity contribution >= 4 is 11.0 Å². The van der Waals surface area contributed by atoms with Crippen molar-refractivity contribution in [3.63, 3.8) is 0 Å². The van der Waals surface area contributed by atoms with Crippen LogP contribution in [0.4, 0.5) is 0 Å². The zero-order valence-corrected chi connectivity index (χ0v) is 23.5. The van der Waals surface area contributed by atoms with Gasteiger partial charge in [0.1, 0.15) is 30.1 Å². The highest BCUT2D eigenvalue weighted by molar-refractivity contribution is 5.86. The van der Waals surface area contributed by atoms with Crippen molar-refractivity contribution in [2.24, 2.45) is 0 Å². The van der Waals surface area contributed by atoms with Gasteiger partial charge in [0.2, 0.25) is 5.43 Å². The minimum atomic E-state index is -0.167. The molecule has 0 bridgehead atoms. The first-order valence-electron chi connectivity index (χ1n) is 14.0. The molecule has 3 heterocycles. The molecule has 7 nitrogen and oxygen atoms in total. The van der Waals surface area contributed by atoms with E-state index in [0.29, 0.717) is 41.6 Å². The summed E-state index contributed by atoms with van der Waals surface area (Å²) < 4.78 is 17.7. The van der Waals surface area contributed by atoms with Gasteiger partial charge in [-0.05, 0) is 63.5 Å². The summed E-state index contributed by atoms with van der Waals surface area (Å²) in [6.45, 7) is 7.85. The van der Waals surface area contributed by atoms with Crippen LogP contribution in [0.1, 0.15) is 37.8 Å². The molecule has 0 unspecified atom stereocenters. The summed E-state index contributed by atoms with van der Waals surface area (Å²) in [6.07, 6.45) is 3.58. The number of aliphatic hydroxyl groups excluding tert-OH is 1. The van der Waals surface area contributed by atoms with Crippen molar-refractivity contribution in [1.29, 1.82) is 0 Å². The molecule has 6 rings (SSSR count). The minimum Gasteiger partial charge on any atom is -0.496 e. The van der Waals surface area contributed by atoms with Crippen LogP contribution in [0.25, 0.3) is 22.1 Å². The first kappa shape index (κ1) is 27.9. The highest BCUT2D eigenvalue weighted by atomic mass is 16.5. The number of ether oxygens (including phenoxy) is 2. The maximum absolute atomic E-state index is 13.5. The molecule has 0 spiro atoms. The van der Waals surface area contributed by atoms with Crippen molar-refractivity contribution in [3.05, 3.63) is 94.3 Å². The first-order chi connectivity index (χ1) is 19.4. The quantitative estimate of drug-likeness (QED) is 0.348. The lowest BCUT2D eigenvalue weighted by atomic mass is 9.99. The lowest BCUT2D eigenvalue weighted by Gasteiger charge is -2.40. The lowest BCUT2D eigenvalue weighted by molar-refractivity contribution is 0.0244. The predicted molar refractivity (Wildman–Crippen MR) is 158 cm³/mol. The Labute approximate surface area is 235 Å². The van der Waals surface area contributed by atoms with Gasteiger partial charge in [-0.25, -0.2) is 0 Å². The maximum Gasteiger partial charge on any atom is 0.200 e. The van der Waals surface area contributed by atoms with Crippen LogP contribution in [-0.4, -0.2) is 54.0 Å². The average molecular weight is 543 g/mol. The number of fused-ring (bicyclic) bond motifs is 3. The second-order valence-corrected chi connectivity index (χ2v) is 10.7. The predicted octanol–water partition coefficient (Wildman–Crippen LogP) is 5.67. The Kier molecular flexibility index (Phi) is 8.85. The van der Waals surface area contributed by atoms with Gasteiger partial charge in [-0.1, -0.05) is 48.5 Å². The van der Waals surface area contributed by atoms with E-state index in [1.807, 2.05) is 36.4 Å². The molecule has 3 aromatic carbocycles. The molecule has 1 N–H and O–H groups in total. The molecule has 4 aromatic rings. The standard InChI is InChI=1S/C30H30N2O4.C3H8O/c1-34-27-10-6-5-9-23(27)26-19-35-30-24(29(26)33)11-12-28-25(30)18-32(20-36-28)22-13-15-31(16-14-22)17-21-7-3-2-4-8-21;1-3(2)4/h2-12,19,22H,13-18,20H2,1H3;3-4H,1-2H3. The number of likely N-dealkylation sites (tertiary alicyclic amines) is 1. The Morgan fingerprint density at radius 1 is 0.975 bits per heavy atom. The maximum atomic E-state index is 13.5. The molecule has 0 aliphatic carbocycles. The van der Waals surface area contributed by atoms with E-state index in [9.17, 15) is 4.79 Å². The molecule has 0 radical (unpaired) electrons. The van der Waals surface area contributed by atoms with E-state index < -0.39 is 0 Å². The zero-order chi connectivity index (χ0) is 28.1. The van der Waals surface area contributed by atoms with Crippen molar-refractivity contribution in [3.8, 4) is 22.6 Å². The number of piperidine rings is 1. The number of benzene rings is 3. The third kappa shape index (κ3) is 6.22. The van der Waals surface area contributed by atoms with Crippen LogP contribution in [0.15, 0.2) is 82.2 Å². The molecule has 2 aliphatic rings. The summed E-state index contributed by atoms with van der Waals surface area (Å²) in [5.41, 5.74) is 4.10. The molecule has 0 atom stereocenters. The number of hydrogen-bond acceptors (Lipinski definition) is 7. The molecule has 0 saturated carbocycles. The van der Waals surface area contributed by atoms with Crippen LogP contribution in [0.3, 0.4) is 0 Å². The number of hydrogen-bond donors (Lipinski definition) is 1. The zero-order valence-electron chi connectivity index (χ0n) is 23.5. The summed E-state index contributed by atoms with van der Waals surface area (Å²) in [7, 11) is 1.61. The van der Waals surface area contributed by atoms with E-state index in [0.717, 1.165) is 49.4 Å². The molecule has 0 amide bonds. The van der Waals surface area contributed by atoms with Crippen LogP contribution >= 0.6 is 0 Å². The van der Waals surface area contributed by atoms with Gasteiger partial charge in [-0.15, -0.1) is 0 Å². The summed E-state index contributed by atoms with van der Waals surface area (Å²) in [4.78, 5) is 18.4. The van der Waals surface area contributed by atoms with E-state index in [1.54, 1.807) is 27.2 Å². The van der Waals surface area contributed by atoms with Crippen molar-refractivity contribution in [1.82, 2.24) is 9.80 Å². The Balaban J connectivity index is 0.000000758. The van der Waals surface area contributed by atoms with Crippen LogP contribution in [-0.2, 0) is 13.1 Å². The fourth-order valence-electron chi connectivity index (χ4n) is 5.50. The van der Waals surface area contributed by atoms with Gasteiger partial charge in [-0.3, -0.25) is 14.6 Å². The van der Waals surface area contributed by atoms with Crippen LogP contribution in [0, 0.1) is 0 Å². The van der Waals surface area contributed by atoms with Crippen molar-refractivity contribution in [2.75, 3.05) is 26.9 Å². The fourth-order valence-corrected chi connectivity index (χ4v) is 5.50. The Morgan fingerprint density at radius 3 is 2.40 bits per heavy atom. The fraction of sp³-hybridized carbons (Fsp3) is 0.364. The van der Waals surface area contributed by atoms with Gasteiger partial charge in [-0.2, -0.15) is 0 Å². The lowest BCUT2D eigenvalue weighted by Crippen LogP contribution is -2.47. The molecular formula is C33H38N2O5. The second kappa shape index (κ2) is 12.7. The first-order valence-corrected chi connectivity index (χ1v) is 14.0. The molecule has 2 aliphatic heterocycles. The normalized spacial score (nSPS) is 16.2. The van der Waals surface area contributed by atoms with Gasteiger partial charge < -0.3 is 19.0 Å². The highest BCUT2D eigenvalue weighted by Gasteiger charge is 2.30. The smallest absolute Gasteiger partial charge is 0.200 e. The molecule has 1 aromatic heterocycles. The Morgan fingerprint density at radius 2 is 1.68 bits per heavy atom. The number of rotatable bonds is 5. The van der Waals surface area contributed by atoms with E-state index >= 15 is 0 Å². The monoisotopic (exact) mass is 542 g/mol. The SMILES string of the molecule is CC(C)O.COc1ccccc1-c1coc2c3c(ccc2c1=O)OCN(C1CCN(Cc2ccccc2)CC1)C3. The van der Waals surface area contributed by atoms with Gasteiger partial charge in [0.05, 0.1) is 23.6 Å².